The van der Waals surface area contributed by atoms with Gasteiger partial charge in [0.05, 0.1) is 25.5 Å². The van der Waals surface area contributed by atoms with E-state index < -0.39 is 0 Å². The van der Waals surface area contributed by atoms with Gasteiger partial charge in [0.15, 0.2) is 0 Å². The third kappa shape index (κ3) is 5.36. The van der Waals surface area contributed by atoms with Crippen molar-refractivity contribution in [1.82, 2.24) is 9.88 Å². The zero-order valence-corrected chi connectivity index (χ0v) is 15.0. The fourth-order valence-corrected chi connectivity index (χ4v) is 2.14. The van der Waals surface area contributed by atoms with Gasteiger partial charge in [0, 0.05) is 25.4 Å². The van der Waals surface area contributed by atoms with E-state index in [2.05, 4.69) is 20.5 Å². The molecule has 0 fully saturated rings. The van der Waals surface area contributed by atoms with Gasteiger partial charge in [-0.1, -0.05) is 0 Å². The van der Waals surface area contributed by atoms with Crippen LogP contribution in [0.5, 0.6) is 11.5 Å². The van der Waals surface area contributed by atoms with Crippen molar-refractivity contribution in [2.75, 3.05) is 52.0 Å². The highest BCUT2D eigenvalue weighted by Gasteiger charge is 2.11. The average Bonchev–Trinajstić information content (AvgIpc) is 2.62. The standard InChI is InChI=1S/C18H24N4O3/c1-22(2)10-9-19-17-8-5-13(12-20-17)18(23)21-15-7-6-14(24-3)11-16(15)25-4/h5-8,11-12H,9-10H2,1-4H3,(H,19,20)(H,21,23). The lowest BCUT2D eigenvalue weighted by molar-refractivity contribution is 0.102. The number of pyridine rings is 1. The summed E-state index contributed by atoms with van der Waals surface area (Å²) in [7, 11) is 7.14. The SMILES string of the molecule is COc1ccc(NC(=O)c2ccc(NCCN(C)C)nc2)c(OC)c1. The first-order valence-corrected chi connectivity index (χ1v) is 7.91. The van der Waals surface area contributed by atoms with Gasteiger partial charge in [0.25, 0.3) is 5.91 Å². The molecule has 7 heteroatoms. The van der Waals surface area contributed by atoms with Crippen molar-refractivity contribution in [2.24, 2.45) is 0 Å². The van der Waals surface area contributed by atoms with Crippen LogP contribution in [-0.2, 0) is 0 Å². The smallest absolute Gasteiger partial charge is 0.257 e. The average molecular weight is 344 g/mol. The van der Waals surface area contributed by atoms with E-state index >= 15 is 0 Å². The van der Waals surface area contributed by atoms with Crippen molar-refractivity contribution < 1.29 is 14.3 Å². The summed E-state index contributed by atoms with van der Waals surface area (Å²) in [5.74, 6) is 1.67. The van der Waals surface area contributed by atoms with Crippen molar-refractivity contribution in [3.63, 3.8) is 0 Å². The maximum absolute atomic E-state index is 12.4. The molecule has 2 rings (SSSR count). The summed E-state index contributed by atoms with van der Waals surface area (Å²) in [4.78, 5) is 18.7. The Balaban J connectivity index is 2.01. The highest BCUT2D eigenvalue weighted by Crippen LogP contribution is 2.29. The Hall–Kier alpha value is -2.80. The molecule has 2 N–H and O–H groups in total. The maximum Gasteiger partial charge on any atom is 0.257 e. The first-order chi connectivity index (χ1) is 12.0. The molecule has 0 radical (unpaired) electrons. The summed E-state index contributed by atoms with van der Waals surface area (Å²) in [6, 6.07) is 8.73. The molecule has 0 atom stereocenters. The Morgan fingerprint density at radius 2 is 1.96 bits per heavy atom. The van der Waals surface area contributed by atoms with Crippen LogP contribution in [0, 0.1) is 0 Å². The zero-order valence-electron chi connectivity index (χ0n) is 15.0. The van der Waals surface area contributed by atoms with Gasteiger partial charge in [-0.2, -0.15) is 0 Å². The van der Waals surface area contributed by atoms with Gasteiger partial charge in [-0.3, -0.25) is 4.79 Å². The molecule has 0 bridgehead atoms. The van der Waals surface area contributed by atoms with E-state index in [0.717, 1.165) is 18.9 Å². The molecule has 0 aliphatic carbocycles. The van der Waals surface area contributed by atoms with E-state index in [9.17, 15) is 4.79 Å². The molecule has 2 aromatic rings. The summed E-state index contributed by atoms with van der Waals surface area (Å²) < 4.78 is 10.4. The number of carbonyl (C=O) groups is 1. The second kappa shape index (κ2) is 8.89. The van der Waals surface area contributed by atoms with Gasteiger partial charge >= 0.3 is 0 Å². The first kappa shape index (κ1) is 18.5. The number of benzene rings is 1. The Bertz CT molecular complexity index is 702. The fourth-order valence-electron chi connectivity index (χ4n) is 2.14. The Morgan fingerprint density at radius 1 is 1.16 bits per heavy atom. The number of amides is 1. The largest absolute Gasteiger partial charge is 0.497 e. The lowest BCUT2D eigenvalue weighted by Crippen LogP contribution is -2.21. The van der Waals surface area contributed by atoms with Crippen molar-refractivity contribution in [1.29, 1.82) is 0 Å². The van der Waals surface area contributed by atoms with Crippen molar-refractivity contribution >= 4 is 17.4 Å². The molecule has 7 nitrogen and oxygen atoms in total. The summed E-state index contributed by atoms with van der Waals surface area (Å²) >= 11 is 0. The van der Waals surface area contributed by atoms with Crippen LogP contribution in [-0.4, -0.2) is 57.2 Å². The molecule has 0 aliphatic heterocycles. The Kier molecular flexibility index (Phi) is 6.59. The number of likely N-dealkylation sites (N-methyl/N-ethyl adjacent to an activating group) is 1. The van der Waals surface area contributed by atoms with E-state index in [1.165, 1.54) is 0 Å². The van der Waals surface area contributed by atoms with Crippen LogP contribution >= 0.6 is 0 Å². The number of carbonyl (C=O) groups excluding carboxylic acids is 1. The molecular weight excluding hydrogens is 320 g/mol. The van der Waals surface area contributed by atoms with Gasteiger partial charge in [0.1, 0.15) is 17.3 Å². The van der Waals surface area contributed by atoms with Gasteiger partial charge in [-0.05, 0) is 38.4 Å². The van der Waals surface area contributed by atoms with Crippen molar-refractivity contribution in [2.45, 2.75) is 0 Å². The molecule has 134 valence electrons. The fraction of sp³-hybridized carbons (Fsp3) is 0.333. The van der Waals surface area contributed by atoms with E-state index in [1.54, 1.807) is 50.7 Å². The van der Waals surface area contributed by atoms with Crippen LogP contribution in [0.1, 0.15) is 10.4 Å². The Morgan fingerprint density at radius 3 is 2.56 bits per heavy atom. The quantitative estimate of drug-likeness (QED) is 0.765. The third-order valence-corrected chi connectivity index (χ3v) is 3.55. The molecule has 25 heavy (non-hydrogen) atoms. The van der Waals surface area contributed by atoms with E-state index in [-0.39, 0.29) is 5.91 Å². The molecule has 0 saturated heterocycles. The molecule has 0 unspecified atom stereocenters. The van der Waals surface area contributed by atoms with Crippen LogP contribution < -0.4 is 20.1 Å². The van der Waals surface area contributed by atoms with Gasteiger partial charge in [-0.25, -0.2) is 4.98 Å². The van der Waals surface area contributed by atoms with E-state index in [1.807, 2.05) is 14.1 Å². The van der Waals surface area contributed by atoms with Crippen molar-refractivity contribution in [3.8, 4) is 11.5 Å². The number of ether oxygens (including phenoxy) is 2. The number of methoxy groups -OCH3 is 2. The molecule has 1 aromatic heterocycles. The van der Waals surface area contributed by atoms with Crippen LogP contribution in [0.25, 0.3) is 0 Å². The predicted octanol–water partition coefficient (Wildman–Crippen LogP) is 2.32. The molecule has 0 aliphatic rings. The normalized spacial score (nSPS) is 10.4. The summed E-state index contributed by atoms with van der Waals surface area (Å²) in [5, 5.41) is 6.02. The molecule has 0 spiro atoms. The number of aromatic nitrogens is 1. The minimum atomic E-state index is -0.254. The second-order valence-electron chi connectivity index (χ2n) is 5.68. The number of rotatable bonds is 8. The number of hydrogen-bond donors (Lipinski definition) is 2. The monoisotopic (exact) mass is 344 g/mol. The molecular formula is C18H24N4O3. The number of nitrogens with zero attached hydrogens (tertiary/aromatic N) is 2. The van der Waals surface area contributed by atoms with Crippen LogP contribution in [0.3, 0.4) is 0 Å². The zero-order chi connectivity index (χ0) is 18.2. The van der Waals surface area contributed by atoms with Gasteiger partial charge in [-0.15, -0.1) is 0 Å². The molecule has 1 amide bonds. The second-order valence-corrected chi connectivity index (χ2v) is 5.68. The number of anilines is 2. The summed E-state index contributed by atoms with van der Waals surface area (Å²) in [6.45, 7) is 1.69. The van der Waals surface area contributed by atoms with Crippen LogP contribution in [0.15, 0.2) is 36.5 Å². The summed E-state index contributed by atoms with van der Waals surface area (Å²) in [5.41, 5.74) is 1.04. The minimum absolute atomic E-state index is 0.254. The van der Waals surface area contributed by atoms with Gasteiger partial charge < -0.3 is 25.0 Å². The van der Waals surface area contributed by atoms with Crippen LogP contribution in [0.4, 0.5) is 11.5 Å². The number of hydrogen-bond acceptors (Lipinski definition) is 6. The lowest BCUT2D eigenvalue weighted by atomic mass is 10.2. The summed E-state index contributed by atoms with van der Waals surface area (Å²) in [6.07, 6.45) is 1.54. The highest BCUT2D eigenvalue weighted by molar-refractivity contribution is 6.05. The minimum Gasteiger partial charge on any atom is -0.497 e. The maximum atomic E-state index is 12.4. The molecule has 0 saturated carbocycles. The highest BCUT2D eigenvalue weighted by atomic mass is 16.5. The predicted molar refractivity (Wildman–Crippen MR) is 98.8 cm³/mol. The lowest BCUT2D eigenvalue weighted by Gasteiger charge is -2.12. The van der Waals surface area contributed by atoms with Gasteiger partial charge in [0.2, 0.25) is 0 Å². The first-order valence-electron chi connectivity index (χ1n) is 7.91. The molecule has 1 aromatic carbocycles. The van der Waals surface area contributed by atoms with Crippen molar-refractivity contribution in [3.05, 3.63) is 42.1 Å². The van der Waals surface area contributed by atoms with E-state index in [4.69, 9.17) is 9.47 Å². The van der Waals surface area contributed by atoms with Crippen LogP contribution in [0.2, 0.25) is 0 Å². The van der Waals surface area contributed by atoms with E-state index in [0.29, 0.717) is 22.7 Å². The molecule has 1 heterocycles. The Labute approximate surface area is 148 Å². The third-order valence-electron chi connectivity index (χ3n) is 3.55. The topological polar surface area (TPSA) is 75.7 Å². The number of nitrogens with one attached hydrogen (secondary N) is 2.